The van der Waals surface area contributed by atoms with Crippen molar-refractivity contribution in [3.63, 3.8) is 0 Å². The average molecular weight is 347 g/mol. The number of hydrogen-bond donors (Lipinski definition) is 1. The molecule has 2 aromatic carbocycles. The van der Waals surface area contributed by atoms with Gasteiger partial charge in [-0.3, -0.25) is 4.79 Å². The van der Waals surface area contributed by atoms with E-state index in [0.717, 1.165) is 17.7 Å². The summed E-state index contributed by atoms with van der Waals surface area (Å²) in [6, 6.07) is 12.2. The van der Waals surface area contributed by atoms with Crippen molar-refractivity contribution in [1.82, 2.24) is 0 Å². The van der Waals surface area contributed by atoms with E-state index in [1.807, 2.05) is 24.3 Å². The Kier molecular flexibility index (Phi) is 5.36. The highest BCUT2D eigenvalue weighted by Gasteiger charge is 2.29. The number of alkyl halides is 3. The molecule has 0 spiro atoms. The number of hydrogen-bond acceptors (Lipinski definition) is 1. The van der Waals surface area contributed by atoms with Crippen LogP contribution >= 0.6 is 0 Å². The summed E-state index contributed by atoms with van der Waals surface area (Å²) in [4.78, 5) is 11.9. The Morgan fingerprint density at radius 2 is 1.40 bits per heavy atom. The molecule has 2 nitrogen and oxygen atoms in total. The van der Waals surface area contributed by atoms with Gasteiger partial charge in [-0.1, -0.05) is 45.0 Å². The molecule has 0 heterocycles. The van der Waals surface area contributed by atoms with Crippen LogP contribution < -0.4 is 5.32 Å². The largest absolute Gasteiger partial charge is 0.416 e. The van der Waals surface area contributed by atoms with Crippen molar-refractivity contribution >= 4 is 17.7 Å². The van der Waals surface area contributed by atoms with Crippen LogP contribution in [0.25, 0.3) is 6.08 Å². The first-order valence-electron chi connectivity index (χ1n) is 7.82. The van der Waals surface area contributed by atoms with E-state index < -0.39 is 17.6 Å². The smallest absolute Gasteiger partial charge is 0.323 e. The second kappa shape index (κ2) is 7.13. The quantitative estimate of drug-likeness (QED) is 0.714. The maximum Gasteiger partial charge on any atom is 0.416 e. The van der Waals surface area contributed by atoms with Crippen LogP contribution in [0.4, 0.5) is 18.9 Å². The van der Waals surface area contributed by atoms with E-state index in [4.69, 9.17) is 0 Å². The third-order valence-electron chi connectivity index (χ3n) is 3.68. The summed E-state index contributed by atoms with van der Waals surface area (Å²) >= 11 is 0. The Balaban J connectivity index is 1.99. The van der Waals surface area contributed by atoms with E-state index in [1.54, 1.807) is 6.08 Å². The Morgan fingerprint density at radius 3 is 1.88 bits per heavy atom. The van der Waals surface area contributed by atoms with Gasteiger partial charge < -0.3 is 5.32 Å². The molecule has 0 saturated carbocycles. The van der Waals surface area contributed by atoms with Crippen LogP contribution in [0.1, 0.15) is 37.5 Å². The number of halogens is 3. The SMILES string of the molecule is CC(C)(C)c1ccc(/C=C/C(=O)Nc2ccc(C(F)(F)F)cc2)cc1. The number of carbonyl (C=O) groups excluding carboxylic acids is 1. The van der Waals surface area contributed by atoms with E-state index in [9.17, 15) is 18.0 Å². The summed E-state index contributed by atoms with van der Waals surface area (Å²) in [5.74, 6) is -0.403. The molecule has 5 heteroatoms. The molecule has 0 bridgehead atoms. The number of amides is 1. The maximum absolute atomic E-state index is 12.5. The first-order valence-corrected chi connectivity index (χ1v) is 7.82. The predicted molar refractivity (Wildman–Crippen MR) is 94.2 cm³/mol. The highest BCUT2D eigenvalue weighted by Crippen LogP contribution is 2.29. The Labute approximate surface area is 145 Å². The molecule has 1 amide bonds. The number of carbonyl (C=O) groups is 1. The molecule has 0 aromatic heterocycles. The molecule has 25 heavy (non-hydrogen) atoms. The maximum atomic E-state index is 12.5. The fraction of sp³-hybridized carbons (Fsp3) is 0.250. The molecule has 132 valence electrons. The average Bonchev–Trinajstić information content (AvgIpc) is 2.52. The van der Waals surface area contributed by atoms with Crippen LogP contribution in [0.15, 0.2) is 54.6 Å². The molecule has 2 rings (SSSR count). The molecule has 0 aliphatic heterocycles. The normalized spacial score (nSPS) is 12.4. The molecule has 0 fully saturated rings. The van der Waals surface area contributed by atoms with Gasteiger partial charge in [0.25, 0.3) is 0 Å². The first-order chi connectivity index (χ1) is 11.6. The van der Waals surface area contributed by atoms with Crippen molar-refractivity contribution < 1.29 is 18.0 Å². The fourth-order valence-electron chi connectivity index (χ4n) is 2.19. The lowest BCUT2D eigenvalue weighted by atomic mass is 9.87. The summed E-state index contributed by atoms with van der Waals surface area (Å²) in [5.41, 5.74) is 1.68. The molecule has 0 atom stereocenters. The van der Waals surface area contributed by atoms with Gasteiger partial charge in [-0.2, -0.15) is 13.2 Å². The zero-order valence-corrected chi connectivity index (χ0v) is 14.3. The molecule has 0 unspecified atom stereocenters. The lowest BCUT2D eigenvalue weighted by molar-refractivity contribution is -0.137. The topological polar surface area (TPSA) is 29.1 Å². The first kappa shape index (κ1) is 18.8. The minimum atomic E-state index is -4.39. The summed E-state index contributed by atoms with van der Waals surface area (Å²) < 4.78 is 37.5. The highest BCUT2D eigenvalue weighted by molar-refractivity contribution is 6.01. The van der Waals surface area contributed by atoms with E-state index in [2.05, 4.69) is 26.1 Å². The van der Waals surface area contributed by atoms with Gasteiger partial charge in [0.15, 0.2) is 0 Å². The molecular formula is C20H20F3NO. The van der Waals surface area contributed by atoms with Crippen molar-refractivity contribution in [2.45, 2.75) is 32.4 Å². The number of benzene rings is 2. The Bertz CT molecular complexity index is 752. The molecular weight excluding hydrogens is 327 g/mol. The predicted octanol–water partition coefficient (Wildman–Crippen LogP) is 5.65. The van der Waals surface area contributed by atoms with Gasteiger partial charge in [0.05, 0.1) is 5.56 Å². The standard InChI is InChI=1S/C20H20F3NO/c1-19(2,3)15-7-4-14(5-8-15)6-13-18(25)24-17-11-9-16(10-12-17)20(21,22)23/h4-13H,1-3H3,(H,24,25)/b13-6+. The van der Waals surface area contributed by atoms with Crippen LogP contribution in [0, 0.1) is 0 Å². The van der Waals surface area contributed by atoms with Crippen molar-refractivity contribution in [3.8, 4) is 0 Å². The van der Waals surface area contributed by atoms with Gasteiger partial charge in [0.2, 0.25) is 5.91 Å². The van der Waals surface area contributed by atoms with Gasteiger partial charge in [-0.25, -0.2) is 0 Å². The monoisotopic (exact) mass is 347 g/mol. The lowest BCUT2D eigenvalue weighted by Crippen LogP contribution is -2.10. The lowest BCUT2D eigenvalue weighted by Gasteiger charge is -2.18. The van der Waals surface area contributed by atoms with Gasteiger partial charge >= 0.3 is 6.18 Å². The number of anilines is 1. The third-order valence-corrected chi connectivity index (χ3v) is 3.68. The highest BCUT2D eigenvalue weighted by atomic mass is 19.4. The molecule has 2 aromatic rings. The minimum Gasteiger partial charge on any atom is -0.323 e. The van der Waals surface area contributed by atoms with Gasteiger partial charge in [-0.15, -0.1) is 0 Å². The zero-order chi connectivity index (χ0) is 18.7. The molecule has 0 radical (unpaired) electrons. The van der Waals surface area contributed by atoms with Crippen LogP contribution in [0.5, 0.6) is 0 Å². The minimum absolute atomic E-state index is 0.0577. The van der Waals surface area contributed by atoms with Crippen LogP contribution in [-0.2, 0) is 16.4 Å². The van der Waals surface area contributed by atoms with Crippen molar-refractivity contribution in [1.29, 1.82) is 0 Å². The summed E-state index contributed by atoms with van der Waals surface area (Å²) in [6.45, 7) is 6.36. The zero-order valence-electron chi connectivity index (χ0n) is 14.3. The molecule has 0 aliphatic carbocycles. The van der Waals surface area contributed by atoms with Crippen molar-refractivity contribution in [2.24, 2.45) is 0 Å². The Hall–Kier alpha value is -2.56. The number of rotatable bonds is 3. The van der Waals surface area contributed by atoms with Gasteiger partial charge in [0, 0.05) is 11.8 Å². The van der Waals surface area contributed by atoms with Crippen LogP contribution in [-0.4, -0.2) is 5.91 Å². The van der Waals surface area contributed by atoms with E-state index in [-0.39, 0.29) is 5.41 Å². The Morgan fingerprint density at radius 1 is 0.880 bits per heavy atom. The summed E-state index contributed by atoms with van der Waals surface area (Å²) in [6.07, 6.45) is -1.38. The van der Waals surface area contributed by atoms with Crippen molar-refractivity contribution in [3.05, 3.63) is 71.3 Å². The fourth-order valence-corrected chi connectivity index (χ4v) is 2.19. The second-order valence-corrected chi connectivity index (χ2v) is 6.77. The molecule has 0 aliphatic rings. The summed E-state index contributed by atoms with van der Waals surface area (Å²) in [7, 11) is 0. The van der Waals surface area contributed by atoms with Crippen LogP contribution in [0.2, 0.25) is 0 Å². The van der Waals surface area contributed by atoms with Crippen molar-refractivity contribution in [2.75, 3.05) is 5.32 Å². The molecule has 0 saturated heterocycles. The van der Waals surface area contributed by atoms with Gasteiger partial charge in [0.1, 0.15) is 0 Å². The van der Waals surface area contributed by atoms with Gasteiger partial charge in [-0.05, 0) is 46.9 Å². The second-order valence-electron chi connectivity index (χ2n) is 6.77. The molecule has 1 N–H and O–H groups in total. The summed E-state index contributed by atoms with van der Waals surface area (Å²) in [5, 5.41) is 2.53. The van der Waals surface area contributed by atoms with E-state index in [1.165, 1.54) is 23.8 Å². The van der Waals surface area contributed by atoms with Crippen LogP contribution in [0.3, 0.4) is 0 Å². The number of nitrogens with one attached hydrogen (secondary N) is 1. The third kappa shape index (κ3) is 5.48. The van der Waals surface area contributed by atoms with E-state index in [0.29, 0.717) is 5.69 Å². The van der Waals surface area contributed by atoms with E-state index >= 15 is 0 Å².